The first kappa shape index (κ1) is 15.8. The van der Waals surface area contributed by atoms with Gasteiger partial charge in [0.2, 0.25) is 11.9 Å². The standard InChI is InChI=1S/C17H14N6O3S/c1-9-5-15(19-16(24)10-3-4-22(2)21-10)23(20-9)17-18-11-6-12-13(26-8-25-12)7-14(11)27-17/h3-7H,8H2,1-2H3,(H,19,24). The average Bonchev–Trinajstić information content (AvgIpc) is 3.38. The lowest BCUT2D eigenvalue weighted by Crippen LogP contribution is -2.16. The number of ether oxygens (including phenoxy) is 2. The lowest BCUT2D eigenvalue weighted by molar-refractivity contribution is 0.102. The van der Waals surface area contributed by atoms with Crippen molar-refractivity contribution >= 4 is 33.3 Å². The molecule has 136 valence electrons. The van der Waals surface area contributed by atoms with Crippen LogP contribution in [0.25, 0.3) is 15.3 Å². The van der Waals surface area contributed by atoms with Crippen LogP contribution in [0.5, 0.6) is 11.5 Å². The van der Waals surface area contributed by atoms with Crippen molar-refractivity contribution in [3.8, 4) is 16.6 Å². The second-order valence-electron chi connectivity index (χ2n) is 6.08. The number of rotatable bonds is 3. The highest BCUT2D eigenvalue weighted by molar-refractivity contribution is 7.20. The van der Waals surface area contributed by atoms with Crippen LogP contribution in [-0.4, -0.2) is 37.2 Å². The maximum Gasteiger partial charge on any atom is 0.277 e. The molecule has 10 heteroatoms. The summed E-state index contributed by atoms with van der Waals surface area (Å²) in [6.45, 7) is 2.08. The van der Waals surface area contributed by atoms with Gasteiger partial charge in [-0.1, -0.05) is 11.3 Å². The number of hydrogen-bond donors (Lipinski definition) is 1. The number of thiazole rings is 1. The molecule has 0 bridgehead atoms. The molecule has 1 amide bonds. The molecular formula is C17H14N6O3S. The van der Waals surface area contributed by atoms with Crippen LogP contribution in [0, 0.1) is 6.92 Å². The Morgan fingerprint density at radius 1 is 1.22 bits per heavy atom. The van der Waals surface area contributed by atoms with Crippen molar-refractivity contribution in [2.24, 2.45) is 7.05 Å². The first-order chi connectivity index (χ1) is 13.1. The highest BCUT2D eigenvalue weighted by Gasteiger charge is 2.20. The molecule has 0 atom stereocenters. The van der Waals surface area contributed by atoms with Gasteiger partial charge in [0.1, 0.15) is 5.82 Å². The number of aromatic nitrogens is 5. The second-order valence-corrected chi connectivity index (χ2v) is 7.09. The fraction of sp³-hybridized carbons (Fsp3) is 0.176. The number of nitrogens with zero attached hydrogens (tertiary/aromatic N) is 5. The van der Waals surface area contributed by atoms with E-state index in [1.807, 2.05) is 19.1 Å². The van der Waals surface area contributed by atoms with E-state index in [0.29, 0.717) is 28.1 Å². The van der Waals surface area contributed by atoms with E-state index in [1.165, 1.54) is 11.3 Å². The Labute approximate surface area is 157 Å². The Kier molecular flexibility index (Phi) is 3.41. The summed E-state index contributed by atoms with van der Waals surface area (Å²) >= 11 is 1.45. The van der Waals surface area contributed by atoms with Crippen molar-refractivity contribution in [1.29, 1.82) is 0 Å². The third kappa shape index (κ3) is 2.70. The molecule has 1 N–H and O–H groups in total. The lowest BCUT2D eigenvalue weighted by Gasteiger charge is -2.04. The van der Waals surface area contributed by atoms with Gasteiger partial charge in [-0.15, -0.1) is 0 Å². The monoisotopic (exact) mass is 382 g/mol. The fourth-order valence-corrected chi connectivity index (χ4v) is 3.79. The molecule has 4 heterocycles. The van der Waals surface area contributed by atoms with Gasteiger partial charge in [0, 0.05) is 31.4 Å². The predicted molar refractivity (Wildman–Crippen MR) is 98.8 cm³/mol. The van der Waals surface area contributed by atoms with E-state index in [4.69, 9.17) is 9.47 Å². The molecule has 1 aliphatic rings. The highest BCUT2D eigenvalue weighted by Crippen LogP contribution is 2.38. The summed E-state index contributed by atoms with van der Waals surface area (Å²) in [7, 11) is 1.76. The van der Waals surface area contributed by atoms with E-state index in [0.717, 1.165) is 15.9 Å². The molecule has 4 aromatic rings. The van der Waals surface area contributed by atoms with E-state index in [9.17, 15) is 4.79 Å². The maximum absolute atomic E-state index is 12.5. The van der Waals surface area contributed by atoms with E-state index in [-0.39, 0.29) is 12.7 Å². The molecule has 0 unspecified atom stereocenters. The van der Waals surface area contributed by atoms with Crippen molar-refractivity contribution in [2.75, 3.05) is 12.1 Å². The fourth-order valence-electron chi connectivity index (χ4n) is 2.85. The molecule has 0 saturated heterocycles. The van der Waals surface area contributed by atoms with Gasteiger partial charge < -0.3 is 14.8 Å². The van der Waals surface area contributed by atoms with Crippen LogP contribution in [0.4, 0.5) is 5.82 Å². The van der Waals surface area contributed by atoms with Crippen LogP contribution in [0.2, 0.25) is 0 Å². The quantitative estimate of drug-likeness (QED) is 0.585. The number of nitrogens with one attached hydrogen (secondary N) is 1. The summed E-state index contributed by atoms with van der Waals surface area (Å²) in [5, 5.41) is 12.1. The van der Waals surface area contributed by atoms with Gasteiger partial charge in [-0.05, 0) is 13.0 Å². The Balaban J connectivity index is 1.52. The van der Waals surface area contributed by atoms with Crippen LogP contribution < -0.4 is 14.8 Å². The average molecular weight is 382 g/mol. The number of fused-ring (bicyclic) bond motifs is 2. The maximum atomic E-state index is 12.5. The number of aryl methyl sites for hydroxylation is 2. The number of benzene rings is 1. The normalized spacial score (nSPS) is 12.7. The first-order valence-corrected chi connectivity index (χ1v) is 8.97. The molecular weight excluding hydrogens is 368 g/mol. The van der Waals surface area contributed by atoms with Gasteiger partial charge in [-0.2, -0.15) is 14.9 Å². The first-order valence-electron chi connectivity index (χ1n) is 8.15. The molecule has 1 aromatic carbocycles. The zero-order valence-electron chi connectivity index (χ0n) is 14.5. The third-order valence-corrected chi connectivity index (χ3v) is 5.07. The van der Waals surface area contributed by atoms with Gasteiger partial charge in [-0.3, -0.25) is 9.48 Å². The van der Waals surface area contributed by atoms with Crippen LogP contribution in [0.1, 0.15) is 16.2 Å². The molecule has 27 heavy (non-hydrogen) atoms. The summed E-state index contributed by atoms with van der Waals surface area (Å²) in [6, 6.07) is 7.20. The van der Waals surface area contributed by atoms with Crippen molar-refractivity contribution in [2.45, 2.75) is 6.92 Å². The molecule has 0 radical (unpaired) electrons. The van der Waals surface area contributed by atoms with Crippen LogP contribution in [-0.2, 0) is 7.05 Å². The van der Waals surface area contributed by atoms with Gasteiger partial charge in [0.05, 0.1) is 15.9 Å². The number of amides is 1. The number of hydrogen-bond acceptors (Lipinski definition) is 7. The zero-order valence-corrected chi connectivity index (χ0v) is 15.3. The molecule has 3 aromatic heterocycles. The minimum atomic E-state index is -0.307. The summed E-state index contributed by atoms with van der Waals surface area (Å²) < 4.78 is 15.0. The minimum Gasteiger partial charge on any atom is -0.454 e. The highest BCUT2D eigenvalue weighted by atomic mass is 32.1. The molecule has 9 nitrogen and oxygen atoms in total. The molecule has 0 aliphatic carbocycles. The van der Waals surface area contributed by atoms with Crippen molar-refractivity contribution < 1.29 is 14.3 Å². The summed E-state index contributed by atoms with van der Waals surface area (Å²) in [6.07, 6.45) is 1.72. The largest absolute Gasteiger partial charge is 0.454 e. The predicted octanol–water partition coefficient (Wildman–Crippen LogP) is 2.50. The summed E-state index contributed by atoms with van der Waals surface area (Å²) in [5.74, 6) is 1.61. The topological polar surface area (TPSA) is 96.1 Å². The third-order valence-electron chi connectivity index (χ3n) is 4.07. The number of carbonyl (C=O) groups is 1. The molecule has 0 fully saturated rings. The Morgan fingerprint density at radius 3 is 2.81 bits per heavy atom. The Morgan fingerprint density at radius 2 is 2.04 bits per heavy atom. The summed E-state index contributed by atoms with van der Waals surface area (Å²) in [4.78, 5) is 17.1. The van der Waals surface area contributed by atoms with Gasteiger partial charge in [0.15, 0.2) is 17.2 Å². The van der Waals surface area contributed by atoms with Crippen molar-refractivity contribution in [3.05, 3.63) is 41.9 Å². The van der Waals surface area contributed by atoms with E-state index in [2.05, 4.69) is 20.5 Å². The number of carbonyl (C=O) groups excluding carboxylic acids is 1. The van der Waals surface area contributed by atoms with Crippen LogP contribution >= 0.6 is 11.3 Å². The van der Waals surface area contributed by atoms with Gasteiger partial charge in [-0.25, -0.2) is 4.98 Å². The van der Waals surface area contributed by atoms with Crippen LogP contribution in [0.3, 0.4) is 0 Å². The molecule has 1 aliphatic heterocycles. The number of anilines is 1. The smallest absolute Gasteiger partial charge is 0.277 e. The van der Waals surface area contributed by atoms with Crippen LogP contribution in [0.15, 0.2) is 30.5 Å². The Hall–Kier alpha value is -3.40. The van der Waals surface area contributed by atoms with Crippen molar-refractivity contribution in [3.63, 3.8) is 0 Å². The van der Waals surface area contributed by atoms with E-state index in [1.54, 1.807) is 34.7 Å². The van der Waals surface area contributed by atoms with Gasteiger partial charge >= 0.3 is 0 Å². The minimum absolute atomic E-state index is 0.224. The van der Waals surface area contributed by atoms with E-state index >= 15 is 0 Å². The van der Waals surface area contributed by atoms with Gasteiger partial charge in [0.25, 0.3) is 5.91 Å². The Bertz CT molecular complexity index is 1150. The second kappa shape index (κ2) is 5.81. The van der Waals surface area contributed by atoms with Crippen molar-refractivity contribution in [1.82, 2.24) is 24.5 Å². The molecule has 0 spiro atoms. The lowest BCUT2D eigenvalue weighted by atomic mass is 10.3. The molecule has 0 saturated carbocycles. The summed E-state index contributed by atoms with van der Waals surface area (Å²) in [5.41, 5.74) is 1.88. The SMILES string of the molecule is Cc1cc(NC(=O)c2ccn(C)n2)n(-c2nc3cc4c(cc3s2)OCO4)n1. The zero-order chi connectivity index (χ0) is 18.5. The van der Waals surface area contributed by atoms with E-state index < -0.39 is 0 Å². The molecule has 5 rings (SSSR count).